The highest BCUT2D eigenvalue weighted by Gasteiger charge is 2.17. The molecule has 0 saturated carbocycles. The third-order valence-corrected chi connectivity index (χ3v) is 4.95. The Hall–Kier alpha value is -3.11. The molecule has 144 valence electrons. The van der Waals surface area contributed by atoms with Crippen molar-refractivity contribution in [2.24, 2.45) is 0 Å². The third kappa shape index (κ3) is 4.41. The first kappa shape index (κ1) is 19.6. The Bertz CT molecular complexity index is 1140. The zero-order valence-corrected chi connectivity index (χ0v) is 16.3. The molecule has 0 aliphatic carbocycles. The molecule has 2 aromatic heterocycles. The van der Waals surface area contributed by atoms with Crippen LogP contribution in [0.15, 0.2) is 47.5 Å². The van der Waals surface area contributed by atoms with E-state index in [1.165, 1.54) is 25.3 Å². The number of anilines is 1. The molecule has 0 aliphatic rings. The molecular weight excluding hydrogens is 406 g/mol. The van der Waals surface area contributed by atoms with E-state index >= 15 is 0 Å². The number of carbonyl (C=O) groups excluding carboxylic acids is 1. The SMILES string of the molecule is COc1nc(NC(=O)c2ccc(S(C)(=O)=O)cc2Cl)nc(-c2ccccn2)n1. The van der Waals surface area contributed by atoms with Crippen LogP contribution in [0.5, 0.6) is 6.01 Å². The highest BCUT2D eigenvalue weighted by Crippen LogP contribution is 2.22. The summed E-state index contributed by atoms with van der Waals surface area (Å²) in [5, 5.41) is 2.48. The van der Waals surface area contributed by atoms with Crippen LogP contribution in [-0.2, 0) is 9.84 Å². The van der Waals surface area contributed by atoms with E-state index in [0.29, 0.717) is 5.69 Å². The average molecular weight is 420 g/mol. The molecule has 0 radical (unpaired) electrons. The number of halogens is 1. The Morgan fingerprint density at radius 3 is 2.54 bits per heavy atom. The summed E-state index contributed by atoms with van der Waals surface area (Å²) in [5.74, 6) is -0.479. The number of sulfone groups is 1. The van der Waals surface area contributed by atoms with Crippen molar-refractivity contribution in [1.29, 1.82) is 0 Å². The van der Waals surface area contributed by atoms with Crippen LogP contribution in [0, 0.1) is 0 Å². The minimum atomic E-state index is -3.44. The maximum absolute atomic E-state index is 12.5. The fourth-order valence-electron chi connectivity index (χ4n) is 2.19. The summed E-state index contributed by atoms with van der Waals surface area (Å²) in [5.41, 5.74) is 0.530. The second kappa shape index (κ2) is 7.87. The second-order valence-corrected chi connectivity index (χ2v) is 7.98. The molecule has 0 spiro atoms. The standard InChI is InChI=1S/C17H14ClN5O4S/c1-27-17-21-14(13-5-3-4-8-19-13)20-16(23-17)22-15(24)11-7-6-10(9-12(11)18)28(2,25)26/h3-9H,1-2H3,(H,20,21,22,23,24). The molecule has 3 aromatic rings. The average Bonchev–Trinajstić information content (AvgIpc) is 2.67. The smallest absolute Gasteiger partial charge is 0.321 e. The predicted octanol–water partition coefficient (Wildman–Crippen LogP) is 2.25. The lowest BCUT2D eigenvalue weighted by molar-refractivity contribution is 0.102. The van der Waals surface area contributed by atoms with Crippen molar-refractivity contribution in [2.45, 2.75) is 4.90 Å². The van der Waals surface area contributed by atoms with Gasteiger partial charge in [0.05, 0.1) is 22.6 Å². The summed E-state index contributed by atoms with van der Waals surface area (Å²) < 4.78 is 28.2. The van der Waals surface area contributed by atoms with Crippen LogP contribution in [0.3, 0.4) is 0 Å². The van der Waals surface area contributed by atoms with Crippen molar-refractivity contribution in [3.8, 4) is 17.5 Å². The van der Waals surface area contributed by atoms with Gasteiger partial charge in [-0.15, -0.1) is 0 Å². The van der Waals surface area contributed by atoms with Crippen LogP contribution >= 0.6 is 11.6 Å². The first-order chi connectivity index (χ1) is 13.3. The van der Waals surface area contributed by atoms with Crippen LogP contribution in [0.2, 0.25) is 5.02 Å². The van der Waals surface area contributed by atoms with Crippen molar-refractivity contribution in [1.82, 2.24) is 19.9 Å². The van der Waals surface area contributed by atoms with E-state index < -0.39 is 15.7 Å². The summed E-state index contributed by atoms with van der Waals surface area (Å²) in [6.45, 7) is 0. The lowest BCUT2D eigenvalue weighted by Crippen LogP contribution is -2.16. The number of amides is 1. The summed E-state index contributed by atoms with van der Waals surface area (Å²) >= 11 is 6.07. The molecule has 9 nitrogen and oxygen atoms in total. The minimum Gasteiger partial charge on any atom is -0.467 e. The number of hydrogen-bond donors (Lipinski definition) is 1. The lowest BCUT2D eigenvalue weighted by Gasteiger charge is -2.09. The molecule has 3 rings (SSSR count). The maximum Gasteiger partial charge on any atom is 0.321 e. The fourth-order valence-corrected chi connectivity index (χ4v) is 3.17. The quantitative estimate of drug-likeness (QED) is 0.667. The number of carbonyl (C=O) groups is 1. The predicted molar refractivity (Wildman–Crippen MR) is 102 cm³/mol. The summed E-state index contributed by atoms with van der Waals surface area (Å²) in [6, 6.07) is 9.01. The van der Waals surface area contributed by atoms with Crippen molar-refractivity contribution < 1.29 is 17.9 Å². The van der Waals surface area contributed by atoms with Crippen molar-refractivity contribution in [3.05, 3.63) is 53.2 Å². The molecule has 1 amide bonds. The zero-order valence-electron chi connectivity index (χ0n) is 14.7. The van der Waals surface area contributed by atoms with Crippen molar-refractivity contribution in [2.75, 3.05) is 18.7 Å². The first-order valence-corrected chi connectivity index (χ1v) is 10.1. The molecule has 1 N–H and O–H groups in total. The molecule has 11 heteroatoms. The molecule has 0 bridgehead atoms. The third-order valence-electron chi connectivity index (χ3n) is 3.53. The number of pyridine rings is 1. The van der Waals surface area contributed by atoms with Gasteiger partial charge in [0.15, 0.2) is 15.7 Å². The normalized spacial score (nSPS) is 11.1. The Morgan fingerprint density at radius 2 is 1.93 bits per heavy atom. The number of nitrogens with zero attached hydrogens (tertiary/aromatic N) is 4. The van der Waals surface area contributed by atoms with Crippen molar-refractivity contribution in [3.63, 3.8) is 0 Å². The molecule has 0 saturated heterocycles. The molecule has 0 unspecified atom stereocenters. The van der Waals surface area contributed by atoms with Crippen LogP contribution < -0.4 is 10.1 Å². The second-order valence-electron chi connectivity index (χ2n) is 5.55. The van der Waals surface area contributed by atoms with Crippen LogP contribution in [0.4, 0.5) is 5.95 Å². The van der Waals surface area contributed by atoms with Crippen molar-refractivity contribution >= 4 is 33.3 Å². The van der Waals surface area contributed by atoms with E-state index in [1.807, 2.05) is 0 Å². The van der Waals surface area contributed by atoms with E-state index in [2.05, 4.69) is 25.3 Å². The number of ether oxygens (including phenoxy) is 1. The Morgan fingerprint density at radius 1 is 1.14 bits per heavy atom. The molecule has 0 fully saturated rings. The number of hydrogen-bond acceptors (Lipinski definition) is 8. The Labute approximate surface area is 165 Å². The summed E-state index contributed by atoms with van der Waals surface area (Å²) in [4.78, 5) is 29.0. The molecule has 2 heterocycles. The summed E-state index contributed by atoms with van der Waals surface area (Å²) in [6.07, 6.45) is 2.63. The minimum absolute atomic E-state index is 0.00770. The van der Waals surface area contributed by atoms with Gasteiger partial charge < -0.3 is 4.74 Å². The molecule has 0 aliphatic heterocycles. The van der Waals surface area contributed by atoms with Gasteiger partial charge in [-0.2, -0.15) is 15.0 Å². The van der Waals surface area contributed by atoms with Gasteiger partial charge >= 0.3 is 6.01 Å². The van der Waals surface area contributed by atoms with Gasteiger partial charge in [0.1, 0.15) is 5.69 Å². The topological polar surface area (TPSA) is 124 Å². The van der Waals surface area contributed by atoms with E-state index in [1.54, 1.807) is 24.4 Å². The zero-order chi connectivity index (χ0) is 20.3. The molecule has 28 heavy (non-hydrogen) atoms. The number of nitrogens with one attached hydrogen (secondary N) is 1. The Balaban J connectivity index is 1.92. The molecular formula is C17H14ClN5O4S. The van der Waals surface area contributed by atoms with Gasteiger partial charge in [0.25, 0.3) is 5.91 Å². The van der Waals surface area contributed by atoms with Gasteiger partial charge in [-0.25, -0.2) is 8.42 Å². The maximum atomic E-state index is 12.5. The number of aromatic nitrogens is 4. The van der Waals surface area contributed by atoms with Gasteiger partial charge in [-0.05, 0) is 30.3 Å². The van der Waals surface area contributed by atoms with Gasteiger partial charge in [-0.1, -0.05) is 17.7 Å². The fraction of sp³-hybridized carbons (Fsp3) is 0.118. The highest BCUT2D eigenvalue weighted by molar-refractivity contribution is 7.90. The van der Waals surface area contributed by atoms with Crippen LogP contribution in [-0.4, -0.2) is 47.6 Å². The van der Waals surface area contributed by atoms with Gasteiger partial charge in [-0.3, -0.25) is 15.1 Å². The first-order valence-electron chi connectivity index (χ1n) is 7.80. The Kier molecular flexibility index (Phi) is 5.52. The number of methoxy groups -OCH3 is 1. The van der Waals surface area contributed by atoms with E-state index in [-0.39, 0.29) is 33.3 Å². The van der Waals surface area contributed by atoms with E-state index in [9.17, 15) is 13.2 Å². The monoisotopic (exact) mass is 419 g/mol. The molecule has 0 atom stereocenters. The number of benzene rings is 1. The molecule has 1 aromatic carbocycles. The van der Waals surface area contributed by atoms with Gasteiger partial charge in [0, 0.05) is 12.5 Å². The largest absolute Gasteiger partial charge is 0.467 e. The van der Waals surface area contributed by atoms with Crippen LogP contribution in [0.25, 0.3) is 11.5 Å². The summed E-state index contributed by atoms with van der Waals surface area (Å²) in [7, 11) is -2.07. The van der Waals surface area contributed by atoms with E-state index in [0.717, 1.165) is 6.26 Å². The van der Waals surface area contributed by atoms with Crippen LogP contribution in [0.1, 0.15) is 10.4 Å². The van der Waals surface area contributed by atoms with E-state index in [4.69, 9.17) is 16.3 Å². The number of rotatable bonds is 5. The van der Waals surface area contributed by atoms with Gasteiger partial charge in [0.2, 0.25) is 5.95 Å². The lowest BCUT2D eigenvalue weighted by atomic mass is 10.2. The highest BCUT2D eigenvalue weighted by atomic mass is 35.5.